The maximum atomic E-state index is 14.0. The summed E-state index contributed by atoms with van der Waals surface area (Å²) in [6.07, 6.45) is 0.998. The molecular formula is C49H52ClF3N8O7S. The lowest BCUT2D eigenvalue weighted by molar-refractivity contribution is -0.384. The van der Waals surface area contributed by atoms with Crippen LogP contribution >= 0.6 is 23.5 Å². The molecule has 0 radical (unpaired) electrons. The van der Waals surface area contributed by atoms with Gasteiger partial charge in [-0.15, -0.1) is 0 Å². The van der Waals surface area contributed by atoms with Crippen molar-refractivity contribution < 1.29 is 41.9 Å². The van der Waals surface area contributed by atoms with E-state index in [4.69, 9.17) is 25.8 Å². The van der Waals surface area contributed by atoms with Gasteiger partial charge in [-0.1, -0.05) is 37.1 Å². The number of hydrogen-bond acceptors (Lipinski definition) is 12. The number of hydrogen-bond donors (Lipinski definition) is 3. The molecule has 20 heteroatoms. The summed E-state index contributed by atoms with van der Waals surface area (Å²) in [4.78, 5) is 52.7. The van der Waals surface area contributed by atoms with Crippen LogP contribution in [0.25, 0.3) is 16.6 Å². The summed E-state index contributed by atoms with van der Waals surface area (Å²) in [5.74, 6) is 0.116. The average Bonchev–Trinajstić information content (AvgIpc) is 3.78. The number of nitrogens with zero attached hydrogens (tertiary/aromatic N) is 5. The molecular weight excluding hydrogens is 937 g/mol. The first-order chi connectivity index (χ1) is 33.1. The lowest BCUT2D eigenvalue weighted by Crippen LogP contribution is -2.52. The molecule has 3 aliphatic heterocycles. The number of aromatic nitrogens is 2. The molecule has 1 aliphatic carbocycles. The highest BCUT2D eigenvalue weighted by Crippen LogP contribution is 2.46. The average molecular weight is 990 g/mol. The molecule has 3 saturated heterocycles. The van der Waals surface area contributed by atoms with Gasteiger partial charge >= 0.3 is 6.18 Å². The zero-order chi connectivity index (χ0) is 48.5. The third-order valence-electron chi connectivity index (χ3n) is 13.2. The van der Waals surface area contributed by atoms with Crippen molar-refractivity contribution in [2.45, 2.75) is 50.3 Å². The van der Waals surface area contributed by atoms with Gasteiger partial charge in [-0.25, -0.2) is 4.98 Å². The van der Waals surface area contributed by atoms with E-state index >= 15 is 0 Å². The van der Waals surface area contributed by atoms with E-state index in [0.717, 1.165) is 66.7 Å². The van der Waals surface area contributed by atoms with Crippen molar-refractivity contribution >= 4 is 69.0 Å². The molecule has 2 aromatic heterocycles. The normalized spacial score (nSPS) is 19.1. The highest BCUT2D eigenvalue weighted by Gasteiger charge is 2.35. The number of morpholine rings is 1. The number of nitro benzene ring substituents is 1. The van der Waals surface area contributed by atoms with Gasteiger partial charge in [0.2, 0.25) is 5.91 Å². The fraction of sp³-hybridized carbons (Fsp3) is 0.408. The first-order valence-corrected chi connectivity index (χ1v) is 24.0. The second-order valence-corrected chi connectivity index (χ2v) is 19.9. The number of nitro groups is 1. The summed E-state index contributed by atoms with van der Waals surface area (Å²) in [7, 11) is 0. The number of rotatable bonds is 14. The minimum absolute atomic E-state index is 0.0241. The zero-order valence-electron chi connectivity index (χ0n) is 38.1. The third kappa shape index (κ3) is 11.3. The van der Waals surface area contributed by atoms with Gasteiger partial charge in [-0.3, -0.25) is 29.3 Å². The van der Waals surface area contributed by atoms with Crippen LogP contribution in [0.2, 0.25) is 5.02 Å². The number of anilines is 2. The largest absolute Gasteiger partial charge is 0.455 e. The number of H-pyrrole nitrogens is 1. The fourth-order valence-corrected chi connectivity index (χ4v) is 10.1. The van der Waals surface area contributed by atoms with Gasteiger partial charge in [-0.05, 0) is 96.3 Å². The number of piperazine rings is 1. The number of fused-ring (bicyclic) bond motifs is 1. The van der Waals surface area contributed by atoms with Crippen LogP contribution in [0, 0.1) is 21.4 Å². The first kappa shape index (κ1) is 48.2. The maximum Gasteiger partial charge on any atom is 0.416 e. The zero-order valence-corrected chi connectivity index (χ0v) is 39.6. The highest BCUT2D eigenvalue weighted by molar-refractivity contribution is 7.98. The van der Waals surface area contributed by atoms with Crippen molar-refractivity contribution in [3.63, 3.8) is 0 Å². The van der Waals surface area contributed by atoms with E-state index in [1.165, 1.54) is 17.7 Å². The number of pyridine rings is 1. The van der Waals surface area contributed by atoms with Crippen molar-refractivity contribution in [3.8, 4) is 11.5 Å². The number of ether oxygens (including phenoxy) is 3. The molecule has 0 bridgehead atoms. The van der Waals surface area contributed by atoms with Crippen molar-refractivity contribution in [1.29, 1.82) is 0 Å². The molecule has 15 nitrogen and oxygen atoms in total. The lowest BCUT2D eigenvalue weighted by Gasteiger charge is -2.39. The number of benzene rings is 3. The Morgan fingerprint density at radius 1 is 1.04 bits per heavy atom. The first-order valence-electron chi connectivity index (χ1n) is 22.8. The molecule has 69 heavy (non-hydrogen) atoms. The van der Waals surface area contributed by atoms with E-state index < -0.39 is 22.6 Å². The highest BCUT2D eigenvalue weighted by atomic mass is 35.5. The Labute approximate surface area is 406 Å². The molecule has 3 fully saturated rings. The van der Waals surface area contributed by atoms with Crippen molar-refractivity contribution in [2.24, 2.45) is 11.3 Å². The van der Waals surface area contributed by atoms with Crippen LogP contribution in [0.3, 0.4) is 0 Å². The number of halogens is 4. The number of carbonyl (C=O) groups excluding carboxylic acids is 2. The molecule has 1 atom stereocenters. The molecule has 364 valence electrons. The van der Waals surface area contributed by atoms with E-state index in [2.05, 4.69) is 43.7 Å². The predicted molar refractivity (Wildman–Crippen MR) is 258 cm³/mol. The minimum Gasteiger partial charge on any atom is -0.455 e. The molecule has 5 heterocycles. The Morgan fingerprint density at radius 3 is 2.59 bits per heavy atom. The Bertz CT molecular complexity index is 2780. The number of carbonyl (C=O) groups is 2. The van der Waals surface area contributed by atoms with Crippen LogP contribution < -0.4 is 19.7 Å². The smallest absolute Gasteiger partial charge is 0.416 e. The van der Waals surface area contributed by atoms with Crippen LogP contribution in [0.5, 0.6) is 11.5 Å². The van der Waals surface area contributed by atoms with E-state index in [9.17, 15) is 32.9 Å². The number of allylic oxidation sites excluding steroid dienone is 1. The van der Waals surface area contributed by atoms with E-state index in [0.29, 0.717) is 80.8 Å². The second-order valence-electron chi connectivity index (χ2n) is 18.6. The number of nitrogens with one attached hydrogen (secondary N) is 3. The van der Waals surface area contributed by atoms with Crippen LogP contribution in [0.15, 0.2) is 89.6 Å². The van der Waals surface area contributed by atoms with Gasteiger partial charge in [0.05, 0.1) is 54.1 Å². The van der Waals surface area contributed by atoms with Crippen LogP contribution in [-0.2, 0) is 20.4 Å². The third-order valence-corrected chi connectivity index (χ3v) is 14.2. The molecule has 1 unspecified atom stereocenters. The Kier molecular flexibility index (Phi) is 14.1. The van der Waals surface area contributed by atoms with Gasteiger partial charge in [0.25, 0.3) is 11.6 Å². The monoisotopic (exact) mass is 988 g/mol. The summed E-state index contributed by atoms with van der Waals surface area (Å²) in [6.45, 7) is 10.1. The minimum atomic E-state index is -4.48. The van der Waals surface area contributed by atoms with Crippen molar-refractivity contribution in [1.82, 2.24) is 24.5 Å². The summed E-state index contributed by atoms with van der Waals surface area (Å²) in [6, 6.07) is 17.4. The second kappa shape index (κ2) is 20.2. The van der Waals surface area contributed by atoms with Crippen molar-refractivity contribution in [3.05, 3.63) is 117 Å². The number of aromatic amines is 1. The standard InChI is InChI=1S/C49H52ClF3N8O7S/c1-48(2)11-9-31(40(23-48)38-6-3-33(20-41(38)50)49(51,52)53)26-58-13-15-59(16-14-58)34-4-7-39(44(21-34)68-35-19-30-10-12-54-45(30)56-24-35)46(62)57-69-37-5-8-42(43(22-37)61(64)65)55-25-36-27-60(17-18-67-36)47(63)32-28-66-29-32/h3-8,10,12,19-22,24,32,36,55H,9,11,13-18,23,25-29H2,1-2H3,(H,54,56)(H,57,62). The molecule has 9 rings (SSSR count). The molecule has 4 aliphatic rings. The molecule has 3 aromatic carbocycles. The van der Waals surface area contributed by atoms with Crippen molar-refractivity contribution in [2.75, 3.05) is 82.4 Å². The quantitative estimate of drug-likeness (QED) is 0.0549. The predicted octanol–water partition coefficient (Wildman–Crippen LogP) is 9.44. The van der Waals surface area contributed by atoms with Gasteiger partial charge in [0.15, 0.2) is 0 Å². The Balaban J connectivity index is 0.875. The molecule has 0 spiro atoms. The van der Waals surface area contributed by atoms with Crippen LogP contribution in [-0.4, -0.2) is 115 Å². The van der Waals surface area contributed by atoms with Gasteiger partial charge < -0.3 is 34.3 Å². The van der Waals surface area contributed by atoms with Crippen LogP contribution in [0.1, 0.15) is 54.6 Å². The van der Waals surface area contributed by atoms with Gasteiger partial charge in [-0.2, -0.15) is 13.2 Å². The van der Waals surface area contributed by atoms with E-state index in [1.807, 2.05) is 24.3 Å². The van der Waals surface area contributed by atoms with Crippen LogP contribution in [0.4, 0.5) is 30.2 Å². The number of alkyl halides is 3. The molecule has 0 saturated carbocycles. The summed E-state index contributed by atoms with van der Waals surface area (Å²) in [5, 5.41) is 16.3. The van der Waals surface area contributed by atoms with E-state index in [1.54, 1.807) is 35.5 Å². The lowest BCUT2D eigenvalue weighted by atomic mass is 9.72. The maximum absolute atomic E-state index is 14.0. The summed E-state index contributed by atoms with van der Waals surface area (Å²) < 4.78 is 60.8. The van der Waals surface area contributed by atoms with Gasteiger partial charge in [0, 0.05) is 91.7 Å². The summed E-state index contributed by atoms with van der Waals surface area (Å²) in [5.41, 5.74) is 3.92. The molecule has 3 N–H and O–H groups in total. The molecule has 2 amide bonds. The molecule has 5 aromatic rings. The summed E-state index contributed by atoms with van der Waals surface area (Å²) >= 11 is 7.49. The SMILES string of the molecule is CC1(C)CCC(CN2CCN(c3ccc(C(=O)NSc4ccc(NCC5CN(C(=O)C6COC6)CCO5)c([N+](=O)[O-])c4)c(Oc4cnc5[nH]ccc5c4)c3)CC2)=C(c2ccc(C(F)(F)F)cc2Cl)C1. The number of amides is 2. The Hall–Kier alpha value is -5.86. The van der Waals surface area contributed by atoms with Gasteiger partial charge in [0.1, 0.15) is 22.8 Å². The Morgan fingerprint density at radius 2 is 1.86 bits per heavy atom. The topological polar surface area (TPSA) is 167 Å². The van der Waals surface area contributed by atoms with E-state index in [-0.39, 0.29) is 57.6 Å². The fourth-order valence-electron chi connectivity index (χ4n) is 9.18.